The van der Waals surface area contributed by atoms with E-state index < -0.39 is 0 Å². The van der Waals surface area contributed by atoms with Crippen LogP contribution in [0.1, 0.15) is 26.3 Å². The minimum absolute atomic E-state index is 0.242. The summed E-state index contributed by atoms with van der Waals surface area (Å²) in [7, 11) is 0. The first-order chi connectivity index (χ1) is 6.07. The third kappa shape index (κ3) is 1.46. The van der Waals surface area contributed by atoms with Gasteiger partial charge in [-0.3, -0.25) is 0 Å². The third-order valence-corrected chi connectivity index (χ3v) is 2.37. The molecule has 2 rings (SSSR count). The van der Waals surface area contributed by atoms with E-state index in [1.807, 2.05) is 0 Å². The van der Waals surface area contributed by atoms with Crippen molar-refractivity contribution < 1.29 is 0 Å². The van der Waals surface area contributed by atoms with Gasteiger partial charge in [0, 0.05) is 17.9 Å². The fourth-order valence-corrected chi connectivity index (χ4v) is 1.47. The standard InChI is InChI=1S/C12H15N/c1-12(2,3)10-8-11-6-4-5-7-13(11)9-10/h4-9H,1-3H3. The van der Waals surface area contributed by atoms with Crippen LogP contribution in [0.15, 0.2) is 36.7 Å². The number of aromatic nitrogens is 1. The maximum absolute atomic E-state index is 2.25. The summed E-state index contributed by atoms with van der Waals surface area (Å²) in [6.07, 6.45) is 4.29. The second-order valence-electron chi connectivity index (χ2n) is 4.51. The van der Waals surface area contributed by atoms with E-state index in [4.69, 9.17) is 0 Å². The summed E-state index contributed by atoms with van der Waals surface area (Å²) in [5.41, 5.74) is 2.90. The maximum atomic E-state index is 2.25. The van der Waals surface area contributed by atoms with Crippen molar-refractivity contribution in [3.05, 3.63) is 42.2 Å². The molecule has 2 aromatic heterocycles. The van der Waals surface area contributed by atoms with Gasteiger partial charge in [0.2, 0.25) is 0 Å². The van der Waals surface area contributed by atoms with Gasteiger partial charge in [0.25, 0.3) is 0 Å². The lowest BCUT2D eigenvalue weighted by Crippen LogP contribution is -2.09. The number of hydrogen-bond donors (Lipinski definition) is 0. The summed E-state index contributed by atoms with van der Waals surface area (Å²) < 4.78 is 2.17. The van der Waals surface area contributed by atoms with Gasteiger partial charge in [-0.05, 0) is 29.2 Å². The SMILES string of the molecule is CC(C)(C)c1cc2ccccn2c1. The molecule has 68 valence electrons. The fraction of sp³-hybridized carbons (Fsp3) is 0.333. The Labute approximate surface area is 79.0 Å². The molecule has 0 spiro atoms. The zero-order chi connectivity index (χ0) is 9.47. The van der Waals surface area contributed by atoms with E-state index in [0.29, 0.717) is 0 Å². The molecule has 1 nitrogen and oxygen atoms in total. The molecule has 0 N–H and O–H groups in total. The van der Waals surface area contributed by atoms with Crippen LogP contribution in [0.25, 0.3) is 5.52 Å². The number of fused-ring (bicyclic) bond motifs is 1. The normalized spacial score (nSPS) is 12.2. The van der Waals surface area contributed by atoms with Crippen molar-refractivity contribution in [3.63, 3.8) is 0 Å². The van der Waals surface area contributed by atoms with Gasteiger partial charge < -0.3 is 4.40 Å². The summed E-state index contributed by atoms with van der Waals surface area (Å²) in [6, 6.07) is 8.51. The summed E-state index contributed by atoms with van der Waals surface area (Å²) in [5.74, 6) is 0. The Morgan fingerprint density at radius 3 is 2.54 bits per heavy atom. The molecule has 13 heavy (non-hydrogen) atoms. The van der Waals surface area contributed by atoms with Crippen LogP contribution in [-0.2, 0) is 5.41 Å². The lowest BCUT2D eigenvalue weighted by molar-refractivity contribution is 0.590. The highest BCUT2D eigenvalue weighted by Gasteiger charge is 2.14. The van der Waals surface area contributed by atoms with Gasteiger partial charge in [0.15, 0.2) is 0 Å². The monoisotopic (exact) mass is 173 g/mol. The van der Waals surface area contributed by atoms with Gasteiger partial charge >= 0.3 is 0 Å². The third-order valence-electron chi connectivity index (χ3n) is 2.37. The molecule has 0 saturated carbocycles. The number of hydrogen-bond acceptors (Lipinski definition) is 0. The van der Waals surface area contributed by atoms with Crippen LogP contribution in [-0.4, -0.2) is 4.40 Å². The molecule has 0 radical (unpaired) electrons. The molecular weight excluding hydrogens is 158 g/mol. The van der Waals surface area contributed by atoms with Crippen LogP contribution < -0.4 is 0 Å². The first-order valence-corrected chi connectivity index (χ1v) is 4.64. The van der Waals surface area contributed by atoms with Crippen molar-refractivity contribution in [3.8, 4) is 0 Å². The summed E-state index contributed by atoms with van der Waals surface area (Å²) >= 11 is 0. The van der Waals surface area contributed by atoms with Crippen LogP contribution >= 0.6 is 0 Å². The summed E-state index contributed by atoms with van der Waals surface area (Å²) in [4.78, 5) is 0. The van der Waals surface area contributed by atoms with Crippen molar-refractivity contribution in [1.29, 1.82) is 0 Å². The number of rotatable bonds is 0. The molecule has 0 saturated heterocycles. The zero-order valence-electron chi connectivity index (χ0n) is 8.41. The Morgan fingerprint density at radius 2 is 1.92 bits per heavy atom. The van der Waals surface area contributed by atoms with Crippen LogP contribution in [0.5, 0.6) is 0 Å². The molecule has 1 heteroatoms. The highest BCUT2D eigenvalue weighted by Crippen LogP contribution is 2.24. The quantitative estimate of drug-likeness (QED) is 0.576. The van der Waals surface area contributed by atoms with Crippen molar-refractivity contribution in [2.45, 2.75) is 26.2 Å². The van der Waals surface area contributed by atoms with Gasteiger partial charge in [-0.1, -0.05) is 26.8 Å². The lowest BCUT2D eigenvalue weighted by Gasteiger charge is -2.15. The molecule has 2 aromatic rings. The molecule has 0 bridgehead atoms. The molecule has 2 heterocycles. The first kappa shape index (κ1) is 8.36. The smallest absolute Gasteiger partial charge is 0.0452 e. The Hall–Kier alpha value is -1.24. The van der Waals surface area contributed by atoms with Crippen LogP contribution in [0.3, 0.4) is 0 Å². The van der Waals surface area contributed by atoms with E-state index in [9.17, 15) is 0 Å². The Bertz CT molecular complexity index is 385. The molecule has 0 aliphatic carbocycles. The van der Waals surface area contributed by atoms with E-state index >= 15 is 0 Å². The Morgan fingerprint density at radius 1 is 1.15 bits per heavy atom. The minimum Gasteiger partial charge on any atom is -0.324 e. The minimum atomic E-state index is 0.242. The maximum Gasteiger partial charge on any atom is 0.0452 e. The van der Waals surface area contributed by atoms with E-state index in [0.717, 1.165) is 0 Å². The molecule has 0 atom stereocenters. The van der Waals surface area contributed by atoms with Crippen molar-refractivity contribution >= 4 is 5.52 Å². The molecule has 0 amide bonds. The Kier molecular flexibility index (Phi) is 1.69. The van der Waals surface area contributed by atoms with Crippen molar-refractivity contribution in [2.75, 3.05) is 0 Å². The average molecular weight is 173 g/mol. The van der Waals surface area contributed by atoms with Gasteiger partial charge in [0.1, 0.15) is 0 Å². The van der Waals surface area contributed by atoms with E-state index in [1.165, 1.54) is 11.1 Å². The molecular formula is C12H15N. The highest BCUT2D eigenvalue weighted by molar-refractivity contribution is 5.51. The largest absolute Gasteiger partial charge is 0.324 e. The summed E-state index contributed by atoms with van der Waals surface area (Å²) in [5, 5.41) is 0. The lowest BCUT2D eigenvalue weighted by atomic mass is 9.89. The Balaban J connectivity index is 2.63. The van der Waals surface area contributed by atoms with E-state index in [1.54, 1.807) is 0 Å². The van der Waals surface area contributed by atoms with Crippen molar-refractivity contribution in [1.82, 2.24) is 4.40 Å². The fourth-order valence-electron chi connectivity index (χ4n) is 1.47. The van der Waals surface area contributed by atoms with Crippen LogP contribution in [0.4, 0.5) is 0 Å². The molecule has 0 fully saturated rings. The van der Waals surface area contributed by atoms with Gasteiger partial charge in [-0.25, -0.2) is 0 Å². The van der Waals surface area contributed by atoms with Crippen LogP contribution in [0.2, 0.25) is 0 Å². The molecule has 0 aromatic carbocycles. The number of nitrogens with zero attached hydrogens (tertiary/aromatic N) is 1. The van der Waals surface area contributed by atoms with E-state index in [-0.39, 0.29) is 5.41 Å². The summed E-state index contributed by atoms with van der Waals surface area (Å²) in [6.45, 7) is 6.71. The second-order valence-corrected chi connectivity index (χ2v) is 4.51. The zero-order valence-corrected chi connectivity index (χ0v) is 8.41. The average Bonchev–Trinajstić information content (AvgIpc) is 2.45. The van der Waals surface area contributed by atoms with Gasteiger partial charge in [0.05, 0.1) is 0 Å². The molecule has 0 aliphatic heterocycles. The van der Waals surface area contributed by atoms with Crippen LogP contribution in [0, 0.1) is 0 Å². The molecule has 0 unspecified atom stereocenters. The van der Waals surface area contributed by atoms with Gasteiger partial charge in [-0.2, -0.15) is 0 Å². The predicted molar refractivity (Wildman–Crippen MR) is 56.1 cm³/mol. The topological polar surface area (TPSA) is 4.41 Å². The van der Waals surface area contributed by atoms with E-state index in [2.05, 4.69) is 61.8 Å². The predicted octanol–water partition coefficient (Wildman–Crippen LogP) is 3.24. The van der Waals surface area contributed by atoms with Gasteiger partial charge in [-0.15, -0.1) is 0 Å². The highest BCUT2D eigenvalue weighted by atomic mass is 14.9. The van der Waals surface area contributed by atoms with Crippen molar-refractivity contribution in [2.24, 2.45) is 0 Å². The number of pyridine rings is 1. The first-order valence-electron chi connectivity index (χ1n) is 4.64. The molecule has 0 aliphatic rings. The second kappa shape index (κ2) is 2.63.